The summed E-state index contributed by atoms with van der Waals surface area (Å²) in [6.07, 6.45) is 9.26. The Labute approximate surface area is 179 Å². The van der Waals surface area contributed by atoms with Gasteiger partial charge in [-0.15, -0.1) is 0 Å². The van der Waals surface area contributed by atoms with Crippen molar-refractivity contribution in [2.45, 2.75) is 70.1 Å². The van der Waals surface area contributed by atoms with E-state index in [2.05, 4.69) is 20.6 Å². The quantitative estimate of drug-likeness (QED) is 0.733. The summed E-state index contributed by atoms with van der Waals surface area (Å²) in [7, 11) is 0. The second kappa shape index (κ2) is 10.5. The molecule has 0 saturated carbocycles. The van der Waals surface area contributed by atoms with Crippen LogP contribution in [-0.2, 0) is 9.47 Å². The van der Waals surface area contributed by atoms with Gasteiger partial charge in [-0.25, -0.2) is 9.97 Å². The highest BCUT2D eigenvalue weighted by atomic mass is 16.5. The molecule has 4 rings (SSSR count). The zero-order chi connectivity index (χ0) is 20.8. The number of likely N-dealkylation sites (tertiary alicyclic amines) is 1. The lowest BCUT2D eigenvalue weighted by molar-refractivity contribution is 0.0247. The molecule has 0 unspecified atom stereocenters. The predicted molar refractivity (Wildman–Crippen MR) is 115 cm³/mol. The van der Waals surface area contributed by atoms with Gasteiger partial charge in [0.05, 0.1) is 6.10 Å². The largest absolute Gasteiger partial charge is 0.381 e. The van der Waals surface area contributed by atoms with Crippen molar-refractivity contribution >= 4 is 11.7 Å². The topological polar surface area (TPSA) is 88.6 Å². The lowest BCUT2D eigenvalue weighted by atomic mass is 10.0. The van der Waals surface area contributed by atoms with Gasteiger partial charge in [-0.1, -0.05) is 0 Å². The van der Waals surface area contributed by atoms with Gasteiger partial charge in [-0.3, -0.25) is 4.79 Å². The minimum absolute atomic E-state index is 0.0105. The van der Waals surface area contributed by atoms with Gasteiger partial charge in [0.1, 0.15) is 17.8 Å². The van der Waals surface area contributed by atoms with E-state index in [4.69, 9.17) is 9.47 Å². The second-order valence-corrected chi connectivity index (χ2v) is 8.69. The predicted octanol–water partition coefficient (Wildman–Crippen LogP) is 2.14. The summed E-state index contributed by atoms with van der Waals surface area (Å²) >= 11 is 0. The summed E-state index contributed by atoms with van der Waals surface area (Å²) < 4.78 is 11.2. The van der Waals surface area contributed by atoms with Crippen molar-refractivity contribution in [1.82, 2.24) is 20.2 Å². The fourth-order valence-corrected chi connectivity index (χ4v) is 4.62. The van der Waals surface area contributed by atoms with Crippen molar-refractivity contribution in [3.63, 3.8) is 0 Å². The molecule has 0 aromatic carbocycles. The molecule has 4 heterocycles. The maximum Gasteiger partial charge on any atom is 0.272 e. The molecule has 1 atom stereocenters. The third-order valence-electron chi connectivity index (χ3n) is 6.53. The molecule has 3 aliphatic heterocycles. The number of aromatic nitrogens is 2. The number of hydrogen-bond donors (Lipinski definition) is 2. The Balaban J connectivity index is 1.29. The fraction of sp³-hybridized carbons (Fsp3) is 0.773. The number of anilines is 1. The molecule has 1 amide bonds. The molecule has 3 fully saturated rings. The first-order valence-electron chi connectivity index (χ1n) is 11.5. The summed E-state index contributed by atoms with van der Waals surface area (Å²) in [5.74, 6) is 0.745. The zero-order valence-corrected chi connectivity index (χ0v) is 18.1. The highest BCUT2D eigenvalue weighted by Crippen LogP contribution is 2.20. The van der Waals surface area contributed by atoms with Crippen molar-refractivity contribution in [3.05, 3.63) is 17.6 Å². The highest BCUT2D eigenvalue weighted by Gasteiger charge is 2.28. The lowest BCUT2D eigenvalue weighted by Gasteiger charge is -2.35. The molecule has 166 valence electrons. The molecule has 2 N–H and O–H groups in total. The lowest BCUT2D eigenvalue weighted by Crippen LogP contribution is -2.49. The summed E-state index contributed by atoms with van der Waals surface area (Å²) in [5, 5.41) is 7.13. The van der Waals surface area contributed by atoms with Crippen LogP contribution in [0, 0.1) is 6.92 Å². The standard InChI is InChI=1S/C22H35N5O3/c1-16-20(24-15-25-21(16)23-14-19-4-2-3-11-30-19)22(28)27-9-5-17(6-10-27)26-18-7-12-29-13-8-18/h15,17-19,26H,2-14H2,1H3,(H,23,24,25)/t19-/m1/s1. The normalized spacial score (nSPS) is 24.0. The summed E-state index contributed by atoms with van der Waals surface area (Å²) in [5.41, 5.74) is 1.33. The van der Waals surface area contributed by atoms with Crippen LogP contribution in [-0.4, -0.2) is 78.4 Å². The van der Waals surface area contributed by atoms with E-state index in [-0.39, 0.29) is 12.0 Å². The van der Waals surface area contributed by atoms with Gasteiger partial charge in [0, 0.05) is 57.1 Å². The maximum absolute atomic E-state index is 13.1. The fourth-order valence-electron chi connectivity index (χ4n) is 4.62. The maximum atomic E-state index is 13.1. The van der Waals surface area contributed by atoms with E-state index < -0.39 is 0 Å². The number of carbonyl (C=O) groups excluding carboxylic acids is 1. The molecule has 30 heavy (non-hydrogen) atoms. The number of hydrogen-bond acceptors (Lipinski definition) is 7. The first kappa shape index (κ1) is 21.5. The Hall–Kier alpha value is -1.77. The summed E-state index contributed by atoms with van der Waals surface area (Å²) in [6, 6.07) is 1.04. The van der Waals surface area contributed by atoms with Gasteiger partial charge >= 0.3 is 0 Å². The van der Waals surface area contributed by atoms with E-state index in [1.807, 2.05) is 11.8 Å². The second-order valence-electron chi connectivity index (χ2n) is 8.69. The summed E-state index contributed by atoms with van der Waals surface area (Å²) in [4.78, 5) is 23.7. The van der Waals surface area contributed by atoms with Crippen LogP contribution in [0.15, 0.2) is 6.33 Å². The molecule has 1 aromatic rings. The minimum Gasteiger partial charge on any atom is -0.381 e. The zero-order valence-electron chi connectivity index (χ0n) is 18.1. The monoisotopic (exact) mass is 417 g/mol. The minimum atomic E-state index is 0.0105. The van der Waals surface area contributed by atoms with Crippen LogP contribution in [0.2, 0.25) is 0 Å². The molecule has 0 aliphatic carbocycles. The van der Waals surface area contributed by atoms with Crippen molar-refractivity contribution in [3.8, 4) is 0 Å². The molecule has 8 nitrogen and oxygen atoms in total. The number of ether oxygens (including phenoxy) is 2. The number of carbonyl (C=O) groups is 1. The SMILES string of the molecule is Cc1c(NC[C@H]2CCCCO2)ncnc1C(=O)N1CCC(NC2CCOCC2)CC1. The number of rotatable bonds is 6. The van der Waals surface area contributed by atoms with Gasteiger partial charge in [0.15, 0.2) is 0 Å². The van der Waals surface area contributed by atoms with Crippen LogP contribution in [0.25, 0.3) is 0 Å². The number of nitrogens with one attached hydrogen (secondary N) is 2. The Morgan fingerprint density at radius 3 is 2.57 bits per heavy atom. The van der Waals surface area contributed by atoms with Crippen LogP contribution in [0.1, 0.15) is 61.0 Å². The van der Waals surface area contributed by atoms with E-state index in [1.54, 1.807) is 0 Å². The average Bonchev–Trinajstić information content (AvgIpc) is 2.80. The average molecular weight is 418 g/mol. The van der Waals surface area contributed by atoms with Crippen LogP contribution in [0.3, 0.4) is 0 Å². The first-order valence-corrected chi connectivity index (χ1v) is 11.5. The van der Waals surface area contributed by atoms with E-state index >= 15 is 0 Å². The number of amides is 1. The van der Waals surface area contributed by atoms with Crippen molar-refractivity contribution in [2.24, 2.45) is 0 Å². The number of piperidine rings is 1. The highest BCUT2D eigenvalue weighted by molar-refractivity contribution is 5.94. The third kappa shape index (κ3) is 5.47. The Morgan fingerprint density at radius 1 is 1.07 bits per heavy atom. The number of nitrogens with zero attached hydrogens (tertiary/aromatic N) is 3. The molecule has 1 aromatic heterocycles. The van der Waals surface area contributed by atoms with E-state index in [9.17, 15) is 4.79 Å². The Morgan fingerprint density at radius 2 is 1.83 bits per heavy atom. The first-order chi connectivity index (χ1) is 14.7. The van der Waals surface area contributed by atoms with Crippen LogP contribution in [0.5, 0.6) is 0 Å². The smallest absolute Gasteiger partial charge is 0.272 e. The Kier molecular flexibility index (Phi) is 7.52. The van der Waals surface area contributed by atoms with E-state index in [1.165, 1.54) is 12.7 Å². The van der Waals surface area contributed by atoms with Gasteiger partial charge in [-0.05, 0) is 51.9 Å². The van der Waals surface area contributed by atoms with Gasteiger partial charge in [0.25, 0.3) is 5.91 Å². The molecular weight excluding hydrogens is 382 g/mol. The molecule has 8 heteroatoms. The van der Waals surface area contributed by atoms with Crippen LogP contribution < -0.4 is 10.6 Å². The van der Waals surface area contributed by atoms with Crippen molar-refractivity contribution < 1.29 is 14.3 Å². The van der Waals surface area contributed by atoms with E-state index in [0.29, 0.717) is 17.8 Å². The van der Waals surface area contributed by atoms with Crippen molar-refractivity contribution in [1.29, 1.82) is 0 Å². The molecule has 0 spiro atoms. The molecule has 3 saturated heterocycles. The van der Waals surface area contributed by atoms with Crippen molar-refractivity contribution in [2.75, 3.05) is 44.8 Å². The molecule has 0 radical (unpaired) electrons. The van der Waals surface area contributed by atoms with Crippen LogP contribution in [0.4, 0.5) is 5.82 Å². The molecule has 0 bridgehead atoms. The van der Waals surface area contributed by atoms with E-state index in [0.717, 1.165) is 89.4 Å². The van der Waals surface area contributed by atoms with Crippen LogP contribution >= 0.6 is 0 Å². The Bertz CT molecular complexity index is 696. The van der Waals surface area contributed by atoms with Gasteiger partial charge < -0.3 is 25.0 Å². The molecule has 3 aliphatic rings. The van der Waals surface area contributed by atoms with Gasteiger partial charge in [0.2, 0.25) is 0 Å². The molecular formula is C22H35N5O3. The third-order valence-corrected chi connectivity index (χ3v) is 6.53. The van der Waals surface area contributed by atoms with Gasteiger partial charge in [-0.2, -0.15) is 0 Å². The summed E-state index contributed by atoms with van der Waals surface area (Å²) in [6.45, 7) is 6.71.